The second kappa shape index (κ2) is 4.60. The first kappa shape index (κ1) is 11.5. The van der Waals surface area contributed by atoms with E-state index in [0.717, 1.165) is 11.6 Å². The van der Waals surface area contributed by atoms with Crippen LogP contribution in [0.3, 0.4) is 0 Å². The van der Waals surface area contributed by atoms with Gasteiger partial charge in [0.05, 0.1) is 0 Å². The summed E-state index contributed by atoms with van der Waals surface area (Å²) in [5.41, 5.74) is 1.35. The van der Waals surface area contributed by atoms with Gasteiger partial charge in [-0.15, -0.1) is 0 Å². The number of nitrogens with one attached hydrogen (secondary N) is 1. The van der Waals surface area contributed by atoms with Crippen LogP contribution in [0.25, 0.3) is 0 Å². The Morgan fingerprint density at radius 3 is 2.83 bits per heavy atom. The highest BCUT2D eigenvalue weighted by atomic mass is 35.5. The Bertz CT molecular complexity index is 602. The molecule has 0 aliphatic heterocycles. The molecule has 1 N–H and O–H groups in total. The van der Waals surface area contributed by atoms with Crippen LogP contribution in [0.2, 0.25) is 5.15 Å². The molecule has 1 aliphatic carbocycles. The molecule has 0 amide bonds. The molecule has 1 aromatic heterocycles. The molecule has 1 aromatic carbocycles. The molecule has 18 heavy (non-hydrogen) atoms. The third kappa shape index (κ3) is 2.20. The first-order valence-corrected chi connectivity index (χ1v) is 6.85. The van der Waals surface area contributed by atoms with E-state index in [1.807, 2.05) is 12.1 Å². The highest BCUT2D eigenvalue weighted by Gasteiger charge is 2.38. The molecule has 1 heterocycles. The van der Waals surface area contributed by atoms with E-state index < -0.39 is 0 Å². The number of anilines is 1. The second-order valence-electron chi connectivity index (χ2n) is 4.25. The summed E-state index contributed by atoms with van der Waals surface area (Å²) in [4.78, 5) is 4.61. The van der Waals surface area contributed by atoms with Gasteiger partial charge in [0, 0.05) is 12.0 Å². The number of hydrogen-bond donors (Lipinski definition) is 1. The van der Waals surface area contributed by atoms with Gasteiger partial charge in [-0.25, -0.2) is 4.98 Å². The smallest absolute Gasteiger partial charge is 0.185 e. The van der Waals surface area contributed by atoms with Crippen LogP contribution in [-0.4, -0.2) is 11.0 Å². The number of hydrogen-bond acceptors (Lipinski definition) is 4. The largest absolute Gasteiger partial charge is 0.358 e. The van der Waals surface area contributed by atoms with E-state index in [2.05, 4.69) is 34.6 Å². The topological polar surface area (TPSA) is 48.7 Å². The third-order valence-corrected chi connectivity index (χ3v) is 4.29. The van der Waals surface area contributed by atoms with Gasteiger partial charge in [0.2, 0.25) is 0 Å². The van der Waals surface area contributed by atoms with Crippen molar-refractivity contribution in [1.82, 2.24) is 4.98 Å². The Kier molecular flexibility index (Phi) is 2.94. The molecule has 2 aromatic rings. The van der Waals surface area contributed by atoms with Crippen LogP contribution in [0.4, 0.5) is 5.13 Å². The van der Waals surface area contributed by atoms with Crippen LogP contribution in [0.15, 0.2) is 30.3 Å². The van der Waals surface area contributed by atoms with Crippen molar-refractivity contribution in [3.8, 4) is 6.07 Å². The zero-order chi connectivity index (χ0) is 12.5. The molecular formula is C13H10ClN3S. The van der Waals surface area contributed by atoms with Crippen LogP contribution in [-0.2, 0) is 0 Å². The summed E-state index contributed by atoms with van der Waals surface area (Å²) in [6, 6.07) is 12.9. The lowest BCUT2D eigenvalue weighted by atomic mass is 10.1. The monoisotopic (exact) mass is 275 g/mol. The van der Waals surface area contributed by atoms with Gasteiger partial charge < -0.3 is 5.32 Å². The van der Waals surface area contributed by atoms with Crippen molar-refractivity contribution in [3.05, 3.63) is 45.9 Å². The van der Waals surface area contributed by atoms with E-state index in [1.165, 1.54) is 16.9 Å². The first-order valence-electron chi connectivity index (χ1n) is 5.66. The maximum atomic E-state index is 8.82. The average Bonchev–Trinajstić information content (AvgIpc) is 3.06. The molecule has 2 unspecified atom stereocenters. The number of nitrogens with zero attached hydrogens (tertiary/aromatic N) is 2. The highest BCUT2D eigenvalue weighted by Crippen LogP contribution is 2.43. The zero-order valence-corrected chi connectivity index (χ0v) is 11.0. The predicted octanol–water partition coefficient (Wildman–Crippen LogP) is 3.64. The lowest BCUT2D eigenvalue weighted by Crippen LogP contribution is -2.03. The third-order valence-electron chi connectivity index (χ3n) is 3.01. The number of thiazole rings is 1. The molecule has 0 radical (unpaired) electrons. The van der Waals surface area contributed by atoms with Crippen LogP contribution in [0.5, 0.6) is 0 Å². The molecular weight excluding hydrogens is 266 g/mol. The van der Waals surface area contributed by atoms with Crippen molar-refractivity contribution in [3.63, 3.8) is 0 Å². The molecule has 5 heteroatoms. The molecule has 3 rings (SSSR count). The summed E-state index contributed by atoms with van der Waals surface area (Å²) in [7, 11) is 0. The van der Waals surface area contributed by atoms with Crippen LogP contribution in [0, 0.1) is 11.3 Å². The molecule has 1 saturated carbocycles. The summed E-state index contributed by atoms with van der Waals surface area (Å²) in [5, 5.41) is 13.2. The van der Waals surface area contributed by atoms with Crippen molar-refractivity contribution >= 4 is 28.1 Å². The van der Waals surface area contributed by atoms with Crippen molar-refractivity contribution in [2.24, 2.45) is 0 Å². The molecule has 1 aliphatic rings. The summed E-state index contributed by atoms with van der Waals surface area (Å²) < 4.78 is 0. The number of halogens is 1. The number of rotatable bonds is 3. The first-order chi connectivity index (χ1) is 8.78. The maximum absolute atomic E-state index is 8.82. The van der Waals surface area contributed by atoms with Crippen molar-refractivity contribution in [2.45, 2.75) is 18.4 Å². The van der Waals surface area contributed by atoms with Crippen LogP contribution in [0.1, 0.15) is 22.8 Å². The van der Waals surface area contributed by atoms with E-state index in [4.69, 9.17) is 16.9 Å². The van der Waals surface area contributed by atoms with E-state index in [9.17, 15) is 0 Å². The minimum absolute atomic E-state index is 0.293. The van der Waals surface area contributed by atoms with Gasteiger partial charge in [0.1, 0.15) is 10.9 Å². The normalized spacial score (nSPS) is 21.3. The van der Waals surface area contributed by atoms with Crippen molar-refractivity contribution in [1.29, 1.82) is 5.26 Å². The van der Waals surface area contributed by atoms with Crippen molar-refractivity contribution in [2.75, 3.05) is 5.32 Å². The Balaban J connectivity index is 1.68. The Labute approximate surface area is 114 Å². The summed E-state index contributed by atoms with van der Waals surface area (Å²) in [5.74, 6) is 0.541. The van der Waals surface area contributed by atoms with Gasteiger partial charge in [-0.3, -0.25) is 0 Å². The summed E-state index contributed by atoms with van der Waals surface area (Å²) in [6.07, 6.45) is 1.10. The Morgan fingerprint density at radius 2 is 2.17 bits per heavy atom. The van der Waals surface area contributed by atoms with Gasteiger partial charge in [0.15, 0.2) is 10.3 Å². The number of aromatic nitrogens is 1. The van der Waals surface area contributed by atoms with Gasteiger partial charge in [0.25, 0.3) is 0 Å². The lowest BCUT2D eigenvalue weighted by Gasteiger charge is -2.01. The summed E-state index contributed by atoms with van der Waals surface area (Å²) in [6.45, 7) is 0. The molecule has 0 bridgehead atoms. The molecule has 1 fully saturated rings. The molecule has 2 atom stereocenters. The second-order valence-corrected chi connectivity index (χ2v) is 5.61. The number of nitriles is 1. The van der Waals surface area contributed by atoms with Crippen LogP contribution >= 0.6 is 22.9 Å². The van der Waals surface area contributed by atoms with Gasteiger partial charge in [-0.05, 0) is 12.0 Å². The quantitative estimate of drug-likeness (QED) is 0.930. The van der Waals surface area contributed by atoms with E-state index in [-0.39, 0.29) is 0 Å². The van der Waals surface area contributed by atoms with Gasteiger partial charge in [-0.2, -0.15) is 5.26 Å². The van der Waals surface area contributed by atoms with Crippen molar-refractivity contribution < 1.29 is 0 Å². The fraction of sp³-hybridized carbons (Fsp3) is 0.231. The molecule has 3 nitrogen and oxygen atoms in total. The average molecular weight is 276 g/mol. The standard InChI is InChI=1S/C13H10ClN3S/c14-12-11(7-15)18-13(17-12)16-10-6-9(10)8-4-2-1-3-5-8/h1-5,9-10H,6H2,(H,16,17). The van der Waals surface area contributed by atoms with E-state index in [0.29, 0.717) is 22.0 Å². The number of benzene rings is 1. The maximum Gasteiger partial charge on any atom is 0.185 e. The fourth-order valence-electron chi connectivity index (χ4n) is 2.01. The Hall–Kier alpha value is -1.57. The predicted molar refractivity (Wildman–Crippen MR) is 73.0 cm³/mol. The Morgan fingerprint density at radius 1 is 1.39 bits per heavy atom. The minimum atomic E-state index is 0.293. The molecule has 0 spiro atoms. The lowest BCUT2D eigenvalue weighted by molar-refractivity contribution is 1.04. The molecule has 0 saturated heterocycles. The van der Waals surface area contributed by atoms with Gasteiger partial charge >= 0.3 is 0 Å². The van der Waals surface area contributed by atoms with E-state index >= 15 is 0 Å². The van der Waals surface area contributed by atoms with E-state index in [1.54, 1.807) is 0 Å². The van der Waals surface area contributed by atoms with Crippen LogP contribution < -0.4 is 5.32 Å². The minimum Gasteiger partial charge on any atom is -0.358 e. The van der Waals surface area contributed by atoms with Gasteiger partial charge in [-0.1, -0.05) is 53.3 Å². The zero-order valence-electron chi connectivity index (χ0n) is 9.43. The highest BCUT2D eigenvalue weighted by molar-refractivity contribution is 7.16. The summed E-state index contributed by atoms with van der Waals surface area (Å²) >= 11 is 7.15. The fourth-order valence-corrected chi connectivity index (χ4v) is 3.02. The molecule has 90 valence electrons. The SMILES string of the molecule is N#Cc1sc(NC2CC2c2ccccc2)nc1Cl.